The zero-order valence-electron chi connectivity index (χ0n) is 10.3. The number of rotatable bonds is 2. The van der Waals surface area contributed by atoms with Crippen LogP contribution in [0.15, 0.2) is 53.1 Å². The van der Waals surface area contributed by atoms with Crippen molar-refractivity contribution < 1.29 is 8.91 Å². The van der Waals surface area contributed by atoms with Crippen LogP contribution in [0.25, 0.3) is 22.4 Å². The lowest BCUT2D eigenvalue weighted by Crippen LogP contribution is -1.91. The molecule has 1 heterocycles. The highest BCUT2D eigenvalue weighted by atomic mass is 35.5. The van der Waals surface area contributed by atoms with Crippen molar-refractivity contribution in [1.29, 1.82) is 0 Å². The quantitative estimate of drug-likeness (QED) is 0.761. The van der Waals surface area contributed by atoms with Crippen LogP contribution in [-0.2, 0) is 0 Å². The first-order valence-electron chi connectivity index (χ1n) is 5.93. The van der Waals surface area contributed by atoms with Crippen molar-refractivity contribution in [3.63, 3.8) is 0 Å². The third-order valence-electron chi connectivity index (χ3n) is 2.99. The van der Waals surface area contributed by atoms with Gasteiger partial charge in [0, 0.05) is 11.1 Å². The van der Waals surface area contributed by atoms with Crippen molar-refractivity contribution in [2.75, 3.05) is 5.73 Å². The molecule has 2 aromatic carbocycles. The van der Waals surface area contributed by atoms with Gasteiger partial charge in [0.2, 0.25) is 5.88 Å². The number of hydrogen-bond acceptors (Lipinski definition) is 3. The zero-order valence-corrected chi connectivity index (χ0v) is 11.1. The third-order valence-corrected chi connectivity index (χ3v) is 3.32. The largest absolute Gasteiger partial charge is 0.367 e. The zero-order chi connectivity index (χ0) is 14.1. The molecule has 1 aromatic heterocycles. The number of nitrogens with zero attached hydrogens (tertiary/aromatic N) is 1. The first-order valence-corrected chi connectivity index (χ1v) is 6.31. The molecule has 100 valence electrons. The Morgan fingerprint density at radius 1 is 1.00 bits per heavy atom. The standard InChI is InChI=1S/C15H10ClFN2O/c16-11-7-3-1-5-9(11)14-13(15(18)20-19-14)10-6-2-4-8-12(10)17/h1-8H,18H2. The van der Waals surface area contributed by atoms with Crippen LogP contribution in [0.3, 0.4) is 0 Å². The van der Waals surface area contributed by atoms with Crippen molar-refractivity contribution >= 4 is 17.5 Å². The molecule has 0 aliphatic carbocycles. The molecule has 0 fully saturated rings. The summed E-state index contributed by atoms with van der Waals surface area (Å²) in [4.78, 5) is 0. The van der Waals surface area contributed by atoms with Gasteiger partial charge in [0.15, 0.2) is 0 Å². The molecule has 0 bridgehead atoms. The van der Waals surface area contributed by atoms with Crippen LogP contribution in [-0.4, -0.2) is 5.16 Å². The first kappa shape index (κ1) is 12.7. The Bertz CT molecular complexity index is 770. The molecule has 0 saturated carbocycles. The second-order valence-corrected chi connectivity index (χ2v) is 4.64. The van der Waals surface area contributed by atoms with Gasteiger partial charge in [-0.2, -0.15) is 0 Å². The van der Waals surface area contributed by atoms with E-state index in [0.717, 1.165) is 0 Å². The van der Waals surface area contributed by atoms with Gasteiger partial charge in [-0.15, -0.1) is 0 Å². The van der Waals surface area contributed by atoms with E-state index in [4.69, 9.17) is 21.9 Å². The SMILES string of the molecule is Nc1onc(-c2ccccc2Cl)c1-c1ccccc1F. The lowest BCUT2D eigenvalue weighted by molar-refractivity contribution is 0.439. The van der Waals surface area contributed by atoms with E-state index in [9.17, 15) is 4.39 Å². The highest BCUT2D eigenvalue weighted by Crippen LogP contribution is 2.39. The third kappa shape index (κ3) is 2.04. The Balaban J connectivity index is 2.26. The number of nitrogens with two attached hydrogens (primary N) is 1. The minimum absolute atomic E-state index is 0.0602. The minimum atomic E-state index is -0.393. The van der Waals surface area contributed by atoms with Gasteiger partial charge in [-0.05, 0) is 12.1 Å². The second kappa shape index (κ2) is 4.98. The van der Waals surface area contributed by atoms with Gasteiger partial charge < -0.3 is 10.3 Å². The molecule has 2 N–H and O–H groups in total. The van der Waals surface area contributed by atoms with Crippen molar-refractivity contribution in [3.8, 4) is 22.4 Å². The number of hydrogen-bond donors (Lipinski definition) is 1. The normalized spacial score (nSPS) is 10.7. The Morgan fingerprint density at radius 2 is 1.65 bits per heavy atom. The van der Waals surface area contributed by atoms with Crippen LogP contribution < -0.4 is 5.73 Å². The monoisotopic (exact) mass is 288 g/mol. The number of halogens is 2. The molecule has 5 heteroatoms. The molecule has 20 heavy (non-hydrogen) atoms. The number of benzene rings is 2. The van der Waals surface area contributed by atoms with E-state index in [1.165, 1.54) is 6.07 Å². The minimum Gasteiger partial charge on any atom is -0.367 e. The maximum atomic E-state index is 14.0. The highest BCUT2D eigenvalue weighted by Gasteiger charge is 2.21. The topological polar surface area (TPSA) is 52.0 Å². The summed E-state index contributed by atoms with van der Waals surface area (Å²) in [5, 5.41) is 4.41. The summed E-state index contributed by atoms with van der Waals surface area (Å²) in [6.45, 7) is 0. The molecule has 0 atom stereocenters. The van der Waals surface area contributed by atoms with E-state index in [0.29, 0.717) is 27.4 Å². The molecule has 0 spiro atoms. The molecule has 0 radical (unpaired) electrons. The van der Waals surface area contributed by atoms with Crippen LogP contribution in [0, 0.1) is 5.82 Å². The maximum absolute atomic E-state index is 14.0. The van der Waals surface area contributed by atoms with Crippen LogP contribution in [0.5, 0.6) is 0 Å². The van der Waals surface area contributed by atoms with Crippen LogP contribution in [0.1, 0.15) is 0 Å². The highest BCUT2D eigenvalue weighted by molar-refractivity contribution is 6.33. The summed E-state index contributed by atoms with van der Waals surface area (Å²) < 4.78 is 19.0. The lowest BCUT2D eigenvalue weighted by atomic mass is 10.0. The van der Waals surface area contributed by atoms with E-state index in [2.05, 4.69) is 5.16 Å². The number of anilines is 1. The molecular formula is C15H10ClFN2O. The maximum Gasteiger partial charge on any atom is 0.230 e. The van der Waals surface area contributed by atoms with Crippen molar-refractivity contribution in [3.05, 3.63) is 59.4 Å². The molecule has 3 nitrogen and oxygen atoms in total. The fourth-order valence-corrected chi connectivity index (χ4v) is 2.29. The summed E-state index contributed by atoms with van der Waals surface area (Å²) >= 11 is 6.15. The van der Waals surface area contributed by atoms with Gasteiger partial charge in [-0.1, -0.05) is 53.2 Å². The molecular weight excluding hydrogens is 279 g/mol. The van der Waals surface area contributed by atoms with E-state index in [-0.39, 0.29) is 5.88 Å². The Kier molecular flexibility index (Phi) is 3.16. The van der Waals surface area contributed by atoms with Gasteiger partial charge >= 0.3 is 0 Å². The molecule has 0 amide bonds. The Morgan fingerprint density at radius 3 is 2.35 bits per heavy atom. The number of aromatic nitrogens is 1. The van der Waals surface area contributed by atoms with Gasteiger partial charge in [0.1, 0.15) is 11.5 Å². The molecule has 3 aromatic rings. The predicted molar refractivity (Wildman–Crippen MR) is 76.8 cm³/mol. The fourth-order valence-electron chi connectivity index (χ4n) is 2.06. The fraction of sp³-hybridized carbons (Fsp3) is 0. The molecule has 3 rings (SSSR count). The average molecular weight is 289 g/mol. The molecule has 0 aliphatic rings. The smallest absolute Gasteiger partial charge is 0.230 e. The number of nitrogen functional groups attached to an aromatic ring is 1. The van der Waals surface area contributed by atoms with Crippen LogP contribution >= 0.6 is 11.6 Å². The van der Waals surface area contributed by atoms with E-state index in [1.807, 2.05) is 6.07 Å². The van der Waals surface area contributed by atoms with E-state index in [1.54, 1.807) is 36.4 Å². The summed E-state index contributed by atoms with van der Waals surface area (Å²) in [5.41, 5.74) is 7.61. The molecule has 0 saturated heterocycles. The van der Waals surface area contributed by atoms with Crippen LogP contribution in [0.4, 0.5) is 10.3 Å². The Labute approximate surface area is 119 Å². The van der Waals surface area contributed by atoms with Gasteiger partial charge in [0.05, 0.1) is 10.6 Å². The summed E-state index contributed by atoms with van der Waals surface area (Å²) in [6.07, 6.45) is 0. The van der Waals surface area contributed by atoms with Crippen molar-refractivity contribution in [1.82, 2.24) is 5.16 Å². The van der Waals surface area contributed by atoms with Gasteiger partial charge in [-0.25, -0.2) is 4.39 Å². The van der Waals surface area contributed by atoms with Crippen molar-refractivity contribution in [2.24, 2.45) is 0 Å². The molecule has 0 unspecified atom stereocenters. The predicted octanol–water partition coefficient (Wildman–Crippen LogP) is 4.38. The van der Waals surface area contributed by atoms with Gasteiger partial charge in [-0.3, -0.25) is 0 Å². The molecule has 0 aliphatic heterocycles. The Hall–Kier alpha value is -2.33. The van der Waals surface area contributed by atoms with E-state index >= 15 is 0 Å². The second-order valence-electron chi connectivity index (χ2n) is 4.23. The lowest BCUT2D eigenvalue weighted by Gasteiger charge is -2.05. The van der Waals surface area contributed by atoms with Gasteiger partial charge in [0.25, 0.3) is 0 Å². The first-order chi connectivity index (χ1) is 9.68. The van der Waals surface area contributed by atoms with Crippen molar-refractivity contribution in [2.45, 2.75) is 0 Å². The van der Waals surface area contributed by atoms with Crippen LogP contribution in [0.2, 0.25) is 5.02 Å². The summed E-state index contributed by atoms with van der Waals surface area (Å²) in [5.74, 6) is -0.333. The summed E-state index contributed by atoms with van der Waals surface area (Å²) in [6, 6.07) is 13.4. The average Bonchev–Trinajstić information content (AvgIpc) is 2.82. The van der Waals surface area contributed by atoms with E-state index < -0.39 is 5.82 Å². The summed E-state index contributed by atoms with van der Waals surface area (Å²) in [7, 11) is 0.